The molecule has 0 saturated carbocycles. The molecule has 0 heterocycles. The molecule has 27 heavy (non-hydrogen) atoms. The van der Waals surface area contributed by atoms with Gasteiger partial charge in [0.1, 0.15) is 5.75 Å². The average molecular weight is 357 g/mol. The normalized spacial score (nSPS) is 14.4. The molecule has 3 nitrogen and oxygen atoms in total. The topological polar surface area (TPSA) is 38.3 Å². The Kier molecular flexibility index (Phi) is 4.44. The van der Waals surface area contributed by atoms with Crippen molar-refractivity contribution in [1.82, 2.24) is 0 Å². The lowest BCUT2D eigenvalue weighted by Gasteiger charge is -2.29. The lowest BCUT2D eigenvalue weighted by molar-refractivity contribution is -0.121. The number of methoxy groups -OCH3 is 1. The van der Waals surface area contributed by atoms with Crippen LogP contribution in [0.5, 0.6) is 5.75 Å². The largest absolute Gasteiger partial charge is 0.497 e. The second kappa shape index (κ2) is 6.92. The van der Waals surface area contributed by atoms with E-state index in [1.807, 2.05) is 55.5 Å². The van der Waals surface area contributed by atoms with E-state index in [1.54, 1.807) is 7.11 Å². The Bertz CT molecular complexity index is 954. The third-order valence-electron chi connectivity index (χ3n) is 5.55. The Balaban J connectivity index is 1.71. The van der Waals surface area contributed by atoms with Gasteiger partial charge in [-0.2, -0.15) is 0 Å². The molecule has 0 fully saturated rings. The fourth-order valence-corrected chi connectivity index (χ4v) is 4.01. The highest BCUT2D eigenvalue weighted by Gasteiger charge is 2.45. The number of rotatable bonds is 4. The molecule has 0 radical (unpaired) electrons. The maximum absolute atomic E-state index is 13.6. The van der Waals surface area contributed by atoms with E-state index in [-0.39, 0.29) is 5.91 Å². The van der Waals surface area contributed by atoms with Gasteiger partial charge in [0.25, 0.3) is 0 Å². The molecule has 1 N–H and O–H groups in total. The van der Waals surface area contributed by atoms with Crippen LogP contribution in [0.15, 0.2) is 72.8 Å². The van der Waals surface area contributed by atoms with Crippen LogP contribution in [0.1, 0.15) is 22.3 Å². The second-order valence-electron chi connectivity index (χ2n) is 7.21. The minimum absolute atomic E-state index is 0.0400. The Labute approximate surface area is 160 Å². The fourth-order valence-electron chi connectivity index (χ4n) is 4.01. The van der Waals surface area contributed by atoms with Crippen molar-refractivity contribution < 1.29 is 9.53 Å². The van der Waals surface area contributed by atoms with Crippen molar-refractivity contribution in [1.29, 1.82) is 0 Å². The zero-order valence-electron chi connectivity index (χ0n) is 15.7. The number of benzene rings is 3. The Hall–Kier alpha value is -3.07. The summed E-state index contributed by atoms with van der Waals surface area (Å²) in [5, 5.41) is 3.18. The number of carbonyl (C=O) groups is 1. The van der Waals surface area contributed by atoms with E-state index in [9.17, 15) is 4.79 Å². The molecule has 0 unspecified atom stereocenters. The molecule has 1 aliphatic rings. The van der Waals surface area contributed by atoms with Crippen molar-refractivity contribution in [3.63, 3.8) is 0 Å². The Morgan fingerprint density at radius 3 is 2.15 bits per heavy atom. The molecule has 3 heteroatoms. The maximum Gasteiger partial charge on any atom is 0.235 e. The molecular formula is C24H23NO2. The minimum atomic E-state index is -0.586. The number of hydrogen-bond donors (Lipinski definition) is 1. The summed E-state index contributed by atoms with van der Waals surface area (Å²) in [6, 6.07) is 24.2. The molecular weight excluding hydrogens is 334 g/mol. The molecule has 0 saturated heterocycles. The number of amides is 1. The summed E-state index contributed by atoms with van der Waals surface area (Å²) in [6.45, 7) is 1.98. The number of anilines is 1. The van der Waals surface area contributed by atoms with Crippen LogP contribution in [0.2, 0.25) is 0 Å². The van der Waals surface area contributed by atoms with Crippen molar-refractivity contribution in [3.05, 3.63) is 95.1 Å². The third kappa shape index (κ3) is 3.10. The lowest BCUT2D eigenvalue weighted by atomic mass is 9.76. The van der Waals surface area contributed by atoms with Gasteiger partial charge in [-0.3, -0.25) is 4.79 Å². The van der Waals surface area contributed by atoms with Crippen molar-refractivity contribution in [2.75, 3.05) is 12.4 Å². The van der Waals surface area contributed by atoms with Gasteiger partial charge in [-0.15, -0.1) is 0 Å². The Morgan fingerprint density at radius 1 is 0.926 bits per heavy atom. The van der Waals surface area contributed by atoms with E-state index in [0.717, 1.165) is 22.6 Å². The SMILES string of the molecule is COc1ccc(NC(=O)C2(c3ccccc3)Cc3ccccc3C2)c(C)c1. The van der Waals surface area contributed by atoms with Gasteiger partial charge in [0, 0.05) is 5.69 Å². The number of carbonyl (C=O) groups excluding carboxylic acids is 1. The zero-order chi connectivity index (χ0) is 18.9. The summed E-state index contributed by atoms with van der Waals surface area (Å²) in [5.74, 6) is 0.828. The van der Waals surface area contributed by atoms with Crippen molar-refractivity contribution >= 4 is 11.6 Å². The first-order chi connectivity index (χ1) is 13.1. The standard InChI is InChI=1S/C24H23NO2/c1-17-14-21(27-2)12-13-22(17)25-23(26)24(20-10-4-3-5-11-20)15-18-8-6-7-9-19(18)16-24/h3-14H,15-16H2,1-2H3,(H,25,26). The Morgan fingerprint density at radius 2 is 1.56 bits per heavy atom. The van der Waals surface area contributed by atoms with Crippen LogP contribution in [-0.4, -0.2) is 13.0 Å². The van der Waals surface area contributed by atoms with Crippen LogP contribution in [-0.2, 0) is 23.1 Å². The summed E-state index contributed by atoms with van der Waals surface area (Å²) in [5.41, 5.74) is 4.79. The van der Waals surface area contributed by atoms with E-state index >= 15 is 0 Å². The molecule has 4 rings (SSSR count). The second-order valence-corrected chi connectivity index (χ2v) is 7.21. The maximum atomic E-state index is 13.6. The third-order valence-corrected chi connectivity index (χ3v) is 5.55. The highest BCUT2D eigenvalue weighted by atomic mass is 16.5. The molecule has 0 bridgehead atoms. The van der Waals surface area contributed by atoms with Crippen molar-refractivity contribution in [2.24, 2.45) is 0 Å². The smallest absolute Gasteiger partial charge is 0.235 e. The summed E-state index contributed by atoms with van der Waals surface area (Å²) in [6.07, 6.45) is 1.43. The average Bonchev–Trinajstić information content (AvgIpc) is 3.11. The van der Waals surface area contributed by atoms with Crippen LogP contribution in [0.3, 0.4) is 0 Å². The highest BCUT2D eigenvalue weighted by Crippen LogP contribution is 2.41. The van der Waals surface area contributed by atoms with E-state index in [2.05, 4.69) is 29.6 Å². The number of aryl methyl sites for hydroxylation is 1. The van der Waals surface area contributed by atoms with Crippen LogP contribution >= 0.6 is 0 Å². The number of ether oxygens (including phenoxy) is 1. The summed E-state index contributed by atoms with van der Waals surface area (Å²) in [7, 11) is 1.65. The van der Waals surface area contributed by atoms with Gasteiger partial charge in [-0.05, 0) is 60.2 Å². The number of nitrogens with one attached hydrogen (secondary N) is 1. The predicted octanol–water partition coefficient (Wildman–Crippen LogP) is 4.68. The van der Waals surface area contributed by atoms with Crippen LogP contribution in [0.25, 0.3) is 0 Å². The van der Waals surface area contributed by atoms with Gasteiger partial charge in [-0.1, -0.05) is 54.6 Å². The van der Waals surface area contributed by atoms with E-state index in [1.165, 1.54) is 11.1 Å². The zero-order valence-corrected chi connectivity index (χ0v) is 15.7. The first-order valence-electron chi connectivity index (χ1n) is 9.21. The number of fused-ring (bicyclic) bond motifs is 1. The van der Waals surface area contributed by atoms with E-state index < -0.39 is 5.41 Å². The quantitative estimate of drug-likeness (QED) is 0.736. The van der Waals surface area contributed by atoms with Gasteiger partial charge in [0.05, 0.1) is 12.5 Å². The van der Waals surface area contributed by atoms with Gasteiger partial charge in [0.15, 0.2) is 0 Å². The van der Waals surface area contributed by atoms with E-state index in [0.29, 0.717) is 12.8 Å². The van der Waals surface area contributed by atoms with E-state index in [4.69, 9.17) is 4.74 Å². The monoisotopic (exact) mass is 357 g/mol. The first kappa shape index (κ1) is 17.3. The summed E-state index contributed by atoms with van der Waals surface area (Å²) in [4.78, 5) is 13.6. The van der Waals surface area contributed by atoms with Gasteiger partial charge >= 0.3 is 0 Å². The van der Waals surface area contributed by atoms with Crippen molar-refractivity contribution in [2.45, 2.75) is 25.2 Å². The molecule has 0 atom stereocenters. The first-order valence-corrected chi connectivity index (χ1v) is 9.21. The van der Waals surface area contributed by atoms with Gasteiger partial charge < -0.3 is 10.1 Å². The molecule has 3 aromatic rings. The molecule has 136 valence electrons. The van der Waals surface area contributed by atoms with Gasteiger partial charge in [0.2, 0.25) is 5.91 Å². The predicted molar refractivity (Wildman–Crippen MR) is 108 cm³/mol. The van der Waals surface area contributed by atoms with Crippen LogP contribution < -0.4 is 10.1 Å². The summed E-state index contributed by atoms with van der Waals surface area (Å²) >= 11 is 0. The highest BCUT2D eigenvalue weighted by molar-refractivity contribution is 6.01. The fraction of sp³-hybridized carbons (Fsp3) is 0.208. The van der Waals surface area contributed by atoms with Crippen molar-refractivity contribution in [3.8, 4) is 5.75 Å². The molecule has 0 aliphatic heterocycles. The van der Waals surface area contributed by atoms with Gasteiger partial charge in [-0.25, -0.2) is 0 Å². The molecule has 0 aromatic heterocycles. The molecule has 0 spiro atoms. The van der Waals surface area contributed by atoms with Crippen LogP contribution in [0.4, 0.5) is 5.69 Å². The van der Waals surface area contributed by atoms with Crippen LogP contribution in [0, 0.1) is 6.92 Å². The molecule has 1 amide bonds. The molecule has 3 aromatic carbocycles. The number of hydrogen-bond acceptors (Lipinski definition) is 2. The summed E-state index contributed by atoms with van der Waals surface area (Å²) < 4.78 is 5.27. The minimum Gasteiger partial charge on any atom is -0.497 e. The molecule has 1 aliphatic carbocycles. The lowest BCUT2D eigenvalue weighted by Crippen LogP contribution is -2.41.